The molecule has 0 aliphatic carbocycles. The Morgan fingerprint density at radius 1 is 1.55 bits per heavy atom. The number of nitrogens with two attached hydrogens (primary N) is 1. The van der Waals surface area contributed by atoms with Crippen molar-refractivity contribution in [1.29, 1.82) is 0 Å². The standard InChI is InChI=1S/C7H9FN2O/c8-6-3-5(4-10-9)1-2-7(6)11/h1-3,10-11H,4,9H2. The maximum absolute atomic E-state index is 12.6. The lowest BCUT2D eigenvalue weighted by molar-refractivity contribution is 0.431. The second-order valence-electron chi connectivity index (χ2n) is 2.17. The van der Waals surface area contributed by atoms with Crippen LogP contribution in [0.4, 0.5) is 4.39 Å². The van der Waals surface area contributed by atoms with Crippen molar-refractivity contribution in [2.24, 2.45) is 5.84 Å². The van der Waals surface area contributed by atoms with E-state index in [9.17, 15) is 4.39 Å². The molecule has 60 valence electrons. The van der Waals surface area contributed by atoms with Crippen LogP contribution in [0.2, 0.25) is 0 Å². The Morgan fingerprint density at radius 3 is 2.82 bits per heavy atom. The third-order valence-corrected chi connectivity index (χ3v) is 1.32. The first-order chi connectivity index (χ1) is 5.24. The van der Waals surface area contributed by atoms with E-state index in [-0.39, 0.29) is 5.75 Å². The molecule has 0 spiro atoms. The molecule has 0 heterocycles. The van der Waals surface area contributed by atoms with E-state index in [2.05, 4.69) is 5.43 Å². The number of hydrazine groups is 1. The summed E-state index contributed by atoms with van der Waals surface area (Å²) >= 11 is 0. The molecule has 0 bridgehead atoms. The summed E-state index contributed by atoms with van der Waals surface area (Å²) in [6, 6.07) is 4.12. The maximum atomic E-state index is 12.6. The van der Waals surface area contributed by atoms with E-state index in [0.717, 1.165) is 0 Å². The van der Waals surface area contributed by atoms with E-state index in [1.54, 1.807) is 6.07 Å². The van der Waals surface area contributed by atoms with Gasteiger partial charge in [0.1, 0.15) is 0 Å². The Hall–Kier alpha value is -1.13. The van der Waals surface area contributed by atoms with Gasteiger partial charge in [-0.15, -0.1) is 0 Å². The molecular formula is C7H9FN2O. The average Bonchev–Trinajstić information content (AvgIpc) is 1.98. The van der Waals surface area contributed by atoms with Crippen LogP contribution < -0.4 is 11.3 Å². The smallest absolute Gasteiger partial charge is 0.165 e. The molecule has 4 N–H and O–H groups in total. The Balaban J connectivity index is 2.86. The summed E-state index contributed by atoms with van der Waals surface area (Å²) in [4.78, 5) is 0. The van der Waals surface area contributed by atoms with Gasteiger partial charge in [0.2, 0.25) is 0 Å². The highest BCUT2D eigenvalue weighted by molar-refractivity contribution is 5.27. The topological polar surface area (TPSA) is 58.3 Å². The Bertz CT molecular complexity index is 252. The zero-order valence-corrected chi connectivity index (χ0v) is 5.84. The number of hydrogen-bond donors (Lipinski definition) is 3. The molecule has 0 amide bonds. The minimum atomic E-state index is -0.627. The summed E-state index contributed by atoms with van der Waals surface area (Å²) in [6.07, 6.45) is 0. The molecule has 0 aliphatic heterocycles. The molecule has 0 aliphatic rings. The number of benzene rings is 1. The van der Waals surface area contributed by atoms with Gasteiger partial charge in [-0.1, -0.05) is 6.07 Å². The van der Waals surface area contributed by atoms with Crippen LogP contribution in [0.15, 0.2) is 18.2 Å². The van der Waals surface area contributed by atoms with Gasteiger partial charge in [-0.3, -0.25) is 11.3 Å². The van der Waals surface area contributed by atoms with Gasteiger partial charge < -0.3 is 5.11 Å². The average molecular weight is 156 g/mol. The van der Waals surface area contributed by atoms with Crippen molar-refractivity contribution in [3.8, 4) is 5.75 Å². The lowest BCUT2D eigenvalue weighted by Gasteiger charge is -2.00. The Morgan fingerprint density at radius 2 is 2.27 bits per heavy atom. The molecule has 0 saturated heterocycles. The maximum Gasteiger partial charge on any atom is 0.165 e. The van der Waals surface area contributed by atoms with Gasteiger partial charge in [0.25, 0.3) is 0 Å². The number of halogens is 1. The lowest BCUT2D eigenvalue weighted by atomic mass is 10.2. The SMILES string of the molecule is NNCc1ccc(O)c(F)c1. The molecule has 1 aromatic rings. The normalized spacial score (nSPS) is 10.0. The first-order valence-electron chi connectivity index (χ1n) is 3.15. The predicted molar refractivity (Wildman–Crippen MR) is 39.1 cm³/mol. The first kappa shape index (κ1) is 7.97. The fourth-order valence-corrected chi connectivity index (χ4v) is 0.778. The summed E-state index contributed by atoms with van der Waals surface area (Å²) in [7, 11) is 0. The molecule has 3 nitrogen and oxygen atoms in total. The molecule has 0 saturated carbocycles. The van der Waals surface area contributed by atoms with E-state index in [1.807, 2.05) is 0 Å². The Kier molecular flexibility index (Phi) is 2.40. The number of hydrogen-bond acceptors (Lipinski definition) is 3. The summed E-state index contributed by atoms with van der Waals surface area (Å²) in [5.41, 5.74) is 3.08. The third kappa shape index (κ3) is 1.89. The van der Waals surface area contributed by atoms with Gasteiger partial charge in [0.05, 0.1) is 0 Å². The minimum Gasteiger partial charge on any atom is -0.505 e. The highest BCUT2D eigenvalue weighted by atomic mass is 19.1. The van der Waals surface area contributed by atoms with Crippen molar-refractivity contribution >= 4 is 0 Å². The van der Waals surface area contributed by atoms with Crippen molar-refractivity contribution in [2.45, 2.75) is 6.54 Å². The molecule has 11 heavy (non-hydrogen) atoms. The van der Waals surface area contributed by atoms with Crippen molar-refractivity contribution in [3.05, 3.63) is 29.6 Å². The zero-order chi connectivity index (χ0) is 8.27. The number of phenolic OH excluding ortho intramolecular Hbond substituents is 1. The van der Waals surface area contributed by atoms with Gasteiger partial charge >= 0.3 is 0 Å². The van der Waals surface area contributed by atoms with Crippen LogP contribution in [0.1, 0.15) is 5.56 Å². The fourth-order valence-electron chi connectivity index (χ4n) is 0.778. The molecular weight excluding hydrogens is 147 g/mol. The van der Waals surface area contributed by atoms with E-state index >= 15 is 0 Å². The largest absolute Gasteiger partial charge is 0.505 e. The molecule has 0 atom stereocenters. The van der Waals surface area contributed by atoms with Crippen molar-refractivity contribution in [2.75, 3.05) is 0 Å². The number of rotatable bonds is 2. The Labute approximate surface area is 63.6 Å². The monoisotopic (exact) mass is 156 g/mol. The van der Waals surface area contributed by atoms with Crippen LogP contribution in [-0.2, 0) is 6.54 Å². The van der Waals surface area contributed by atoms with Crippen molar-refractivity contribution < 1.29 is 9.50 Å². The van der Waals surface area contributed by atoms with E-state index in [1.165, 1.54) is 12.1 Å². The fraction of sp³-hybridized carbons (Fsp3) is 0.143. The number of phenols is 1. The van der Waals surface area contributed by atoms with Gasteiger partial charge in [-0.25, -0.2) is 4.39 Å². The second-order valence-corrected chi connectivity index (χ2v) is 2.17. The van der Waals surface area contributed by atoms with Gasteiger partial charge in [0.15, 0.2) is 11.6 Å². The van der Waals surface area contributed by atoms with Crippen LogP contribution in [0.5, 0.6) is 5.75 Å². The molecule has 4 heteroatoms. The molecule has 0 aromatic heterocycles. The number of aromatic hydroxyl groups is 1. The minimum absolute atomic E-state index is 0.342. The van der Waals surface area contributed by atoms with Crippen LogP contribution in [-0.4, -0.2) is 5.11 Å². The molecule has 1 rings (SSSR count). The van der Waals surface area contributed by atoms with E-state index in [4.69, 9.17) is 10.9 Å². The summed E-state index contributed by atoms with van der Waals surface area (Å²) in [5.74, 6) is 4.04. The molecule has 0 fully saturated rings. The first-order valence-corrected chi connectivity index (χ1v) is 3.15. The van der Waals surface area contributed by atoms with Crippen LogP contribution in [0.3, 0.4) is 0 Å². The highest BCUT2D eigenvalue weighted by Crippen LogP contribution is 2.15. The summed E-state index contributed by atoms with van der Waals surface area (Å²) in [5, 5.41) is 8.79. The predicted octanol–water partition coefficient (Wildman–Crippen LogP) is 0.495. The van der Waals surface area contributed by atoms with Crippen molar-refractivity contribution in [3.63, 3.8) is 0 Å². The lowest BCUT2D eigenvalue weighted by Crippen LogP contribution is -2.20. The van der Waals surface area contributed by atoms with Crippen LogP contribution >= 0.6 is 0 Å². The molecule has 0 radical (unpaired) electrons. The highest BCUT2D eigenvalue weighted by Gasteiger charge is 1.99. The summed E-state index contributed by atoms with van der Waals surface area (Å²) < 4.78 is 12.6. The van der Waals surface area contributed by atoms with Gasteiger partial charge in [-0.2, -0.15) is 0 Å². The van der Waals surface area contributed by atoms with Gasteiger partial charge in [0, 0.05) is 6.54 Å². The third-order valence-electron chi connectivity index (χ3n) is 1.32. The van der Waals surface area contributed by atoms with Crippen LogP contribution in [0, 0.1) is 5.82 Å². The summed E-state index contributed by atoms with van der Waals surface area (Å²) in [6.45, 7) is 0.386. The van der Waals surface area contributed by atoms with Gasteiger partial charge in [-0.05, 0) is 17.7 Å². The molecule has 0 unspecified atom stereocenters. The quantitative estimate of drug-likeness (QED) is 0.431. The van der Waals surface area contributed by atoms with Crippen LogP contribution in [0.25, 0.3) is 0 Å². The van der Waals surface area contributed by atoms with E-state index < -0.39 is 5.82 Å². The number of nitrogens with one attached hydrogen (secondary N) is 1. The second kappa shape index (κ2) is 3.32. The zero-order valence-electron chi connectivity index (χ0n) is 5.84. The van der Waals surface area contributed by atoms with Crippen molar-refractivity contribution in [1.82, 2.24) is 5.43 Å². The molecule has 1 aromatic carbocycles. The van der Waals surface area contributed by atoms with E-state index in [0.29, 0.717) is 12.1 Å².